The molecule has 1 aromatic heterocycles. The van der Waals surface area contributed by atoms with E-state index in [0.717, 1.165) is 12.0 Å². The van der Waals surface area contributed by atoms with Crippen LogP contribution in [0.1, 0.15) is 48.3 Å². The Balaban J connectivity index is 1.36. The predicted molar refractivity (Wildman–Crippen MR) is 116 cm³/mol. The van der Waals surface area contributed by atoms with Crippen LogP contribution in [0, 0.1) is 5.82 Å². The Hall–Kier alpha value is -3.19. The third-order valence-electron chi connectivity index (χ3n) is 5.56. The normalized spacial score (nSPS) is 21.0. The van der Waals surface area contributed by atoms with Crippen LogP contribution in [0.2, 0.25) is 0 Å². The van der Waals surface area contributed by atoms with Crippen molar-refractivity contribution in [3.05, 3.63) is 71.7 Å². The van der Waals surface area contributed by atoms with E-state index < -0.39 is 0 Å². The fourth-order valence-corrected chi connectivity index (χ4v) is 4.16. The Labute approximate surface area is 180 Å². The van der Waals surface area contributed by atoms with E-state index in [0.29, 0.717) is 36.0 Å². The molecule has 1 saturated heterocycles. The van der Waals surface area contributed by atoms with Crippen molar-refractivity contribution >= 4 is 22.7 Å². The van der Waals surface area contributed by atoms with Crippen molar-refractivity contribution < 1.29 is 18.7 Å². The lowest BCUT2D eigenvalue weighted by atomic mass is 9.93. The second-order valence-corrected chi connectivity index (χ2v) is 7.99. The zero-order valence-corrected chi connectivity index (χ0v) is 17.4. The highest BCUT2D eigenvalue weighted by Crippen LogP contribution is 2.32. The van der Waals surface area contributed by atoms with Crippen molar-refractivity contribution in [2.24, 2.45) is 0 Å². The SMILES string of the molecule is CC(=O)N[C@H]1C[C@@H](CCNC(=O)c2cc3cc(F)ccc3[nH]2)O[C@@H](c2ccccc2)C1. The molecule has 3 aromatic rings. The fraction of sp³-hybridized carbons (Fsp3) is 0.333. The lowest BCUT2D eigenvalue weighted by molar-refractivity contribution is -0.122. The van der Waals surface area contributed by atoms with Crippen LogP contribution >= 0.6 is 0 Å². The van der Waals surface area contributed by atoms with E-state index in [4.69, 9.17) is 4.74 Å². The summed E-state index contributed by atoms with van der Waals surface area (Å²) in [7, 11) is 0. The molecule has 0 aliphatic carbocycles. The molecule has 1 aliphatic heterocycles. The number of hydrogen-bond acceptors (Lipinski definition) is 3. The predicted octanol–water partition coefficient (Wildman–Crippen LogP) is 3.85. The third-order valence-corrected chi connectivity index (χ3v) is 5.56. The van der Waals surface area contributed by atoms with Crippen LogP contribution in [0.15, 0.2) is 54.6 Å². The van der Waals surface area contributed by atoms with Gasteiger partial charge in [0.15, 0.2) is 0 Å². The van der Waals surface area contributed by atoms with E-state index in [-0.39, 0.29) is 35.9 Å². The first-order valence-corrected chi connectivity index (χ1v) is 10.5. The average molecular weight is 423 g/mol. The van der Waals surface area contributed by atoms with Gasteiger partial charge >= 0.3 is 0 Å². The number of carbonyl (C=O) groups is 2. The van der Waals surface area contributed by atoms with Gasteiger partial charge < -0.3 is 20.4 Å². The number of benzene rings is 2. The molecular formula is C24H26FN3O3. The Morgan fingerprint density at radius 2 is 1.94 bits per heavy atom. The summed E-state index contributed by atoms with van der Waals surface area (Å²) in [6.07, 6.45) is 1.85. The molecule has 31 heavy (non-hydrogen) atoms. The number of aromatic amines is 1. The number of rotatable bonds is 6. The first-order chi connectivity index (χ1) is 15.0. The molecule has 2 amide bonds. The Bertz CT molecular complexity index is 1070. The van der Waals surface area contributed by atoms with Crippen molar-refractivity contribution in [1.82, 2.24) is 15.6 Å². The van der Waals surface area contributed by atoms with Gasteiger partial charge in [-0.1, -0.05) is 30.3 Å². The minimum Gasteiger partial charge on any atom is -0.370 e. The fourth-order valence-electron chi connectivity index (χ4n) is 4.16. The zero-order valence-electron chi connectivity index (χ0n) is 17.4. The summed E-state index contributed by atoms with van der Waals surface area (Å²) in [6.45, 7) is 1.95. The van der Waals surface area contributed by atoms with E-state index in [1.165, 1.54) is 19.1 Å². The van der Waals surface area contributed by atoms with Crippen LogP contribution in [-0.2, 0) is 9.53 Å². The zero-order chi connectivity index (χ0) is 21.8. The van der Waals surface area contributed by atoms with E-state index in [1.807, 2.05) is 30.3 Å². The number of hydrogen-bond donors (Lipinski definition) is 3. The second kappa shape index (κ2) is 9.31. The van der Waals surface area contributed by atoms with Crippen molar-refractivity contribution in [2.75, 3.05) is 6.54 Å². The molecule has 6 nitrogen and oxygen atoms in total. The van der Waals surface area contributed by atoms with Crippen LogP contribution in [-0.4, -0.2) is 35.5 Å². The lowest BCUT2D eigenvalue weighted by Crippen LogP contribution is -2.43. The minimum atomic E-state index is -0.338. The van der Waals surface area contributed by atoms with Gasteiger partial charge in [0.05, 0.1) is 12.2 Å². The highest BCUT2D eigenvalue weighted by Gasteiger charge is 2.30. The molecule has 0 saturated carbocycles. The molecule has 0 radical (unpaired) electrons. The number of fused-ring (bicyclic) bond motifs is 1. The van der Waals surface area contributed by atoms with Gasteiger partial charge in [-0.3, -0.25) is 9.59 Å². The van der Waals surface area contributed by atoms with Gasteiger partial charge in [0.25, 0.3) is 5.91 Å². The number of ether oxygens (including phenoxy) is 1. The summed E-state index contributed by atoms with van der Waals surface area (Å²) in [5.41, 5.74) is 2.19. The topological polar surface area (TPSA) is 83.2 Å². The summed E-state index contributed by atoms with van der Waals surface area (Å²) in [5.74, 6) is -0.638. The summed E-state index contributed by atoms with van der Waals surface area (Å²) in [5, 5.41) is 6.57. The number of amides is 2. The van der Waals surface area contributed by atoms with Gasteiger partial charge in [-0.15, -0.1) is 0 Å². The Morgan fingerprint density at radius 3 is 2.71 bits per heavy atom. The van der Waals surface area contributed by atoms with Gasteiger partial charge in [0.1, 0.15) is 11.5 Å². The Morgan fingerprint density at radius 1 is 1.13 bits per heavy atom. The van der Waals surface area contributed by atoms with Gasteiger partial charge in [-0.25, -0.2) is 4.39 Å². The Kier molecular flexibility index (Phi) is 6.32. The van der Waals surface area contributed by atoms with Crippen LogP contribution in [0.5, 0.6) is 0 Å². The van der Waals surface area contributed by atoms with Crippen molar-refractivity contribution in [3.63, 3.8) is 0 Å². The number of carbonyl (C=O) groups excluding carboxylic acids is 2. The molecule has 7 heteroatoms. The van der Waals surface area contributed by atoms with Crippen LogP contribution < -0.4 is 10.6 Å². The number of aromatic nitrogens is 1. The molecule has 1 fully saturated rings. The van der Waals surface area contributed by atoms with Crippen molar-refractivity contribution in [1.29, 1.82) is 0 Å². The molecule has 162 valence electrons. The van der Waals surface area contributed by atoms with E-state index in [1.54, 1.807) is 12.1 Å². The van der Waals surface area contributed by atoms with Gasteiger partial charge in [0, 0.05) is 30.4 Å². The largest absolute Gasteiger partial charge is 0.370 e. The molecule has 2 heterocycles. The maximum absolute atomic E-state index is 13.4. The van der Waals surface area contributed by atoms with Crippen LogP contribution in [0.4, 0.5) is 4.39 Å². The summed E-state index contributed by atoms with van der Waals surface area (Å²) in [6, 6.07) is 16.0. The summed E-state index contributed by atoms with van der Waals surface area (Å²) >= 11 is 0. The van der Waals surface area contributed by atoms with E-state index in [9.17, 15) is 14.0 Å². The van der Waals surface area contributed by atoms with E-state index >= 15 is 0 Å². The lowest BCUT2D eigenvalue weighted by Gasteiger charge is -2.36. The first-order valence-electron chi connectivity index (χ1n) is 10.5. The molecule has 4 rings (SSSR count). The number of halogens is 1. The van der Waals surface area contributed by atoms with Gasteiger partial charge in [-0.05, 0) is 49.1 Å². The number of nitrogens with one attached hydrogen (secondary N) is 3. The molecule has 2 aromatic carbocycles. The standard InChI is InChI=1S/C24H26FN3O3/c1-15(29)27-19-13-20(31-23(14-19)16-5-3-2-4-6-16)9-10-26-24(30)22-12-17-11-18(25)7-8-21(17)28-22/h2-8,11-12,19-20,23,28H,9-10,13-14H2,1H3,(H,26,30)(H,27,29)/t19-,20+,23+/m0/s1. The maximum Gasteiger partial charge on any atom is 0.267 e. The summed E-state index contributed by atoms with van der Waals surface area (Å²) < 4.78 is 19.6. The van der Waals surface area contributed by atoms with Crippen molar-refractivity contribution in [2.45, 2.75) is 44.4 Å². The van der Waals surface area contributed by atoms with E-state index in [2.05, 4.69) is 15.6 Å². The molecule has 3 N–H and O–H groups in total. The van der Waals surface area contributed by atoms with Gasteiger partial charge in [0.2, 0.25) is 5.91 Å². The molecule has 1 aliphatic rings. The second-order valence-electron chi connectivity index (χ2n) is 7.99. The highest BCUT2D eigenvalue weighted by molar-refractivity contribution is 5.97. The smallest absolute Gasteiger partial charge is 0.267 e. The molecular weight excluding hydrogens is 397 g/mol. The molecule has 0 bridgehead atoms. The summed E-state index contributed by atoms with van der Waals surface area (Å²) in [4.78, 5) is 27.1. The monoisotopic (exact) mass is 423 g/mol. The minimum absolute atomic E-state index is 0.0285. The molecule has 0 unspecified atom stereocenters. The number of H-pyrrole nitrogens is 1. The first kappa shape index (κ1) is 21.1. The van der Waals surface area contributed by atoms with Gasteiger partial charge in [-0.2, -0.15) is 0 Å². The van der Waals surface area contributed by atoms with Crippen LogP contribution in [0.3, 0.4) is 0 Å². The quantitative estimate of drug-likeness (QED) is 0.563. The third kappa shape index (κ3) is 5.30. The van der Waals surface area contributed by atoms with Crippen molar-refractivity contribution in [3.8, 4) is 0 Å². The maximum atomic E-state index is 13.4. The molecule has 0 spiro atoms. The molecule has 3 atom stereocenters. The van der Waals surface area contributed by atoms with Crippen LogP contribution in [0.25, 0.3) is 10.9 Å². The average Bonchev–Trinajstić information content (AvgIpc) is 3.17. The highest BCUT2D eigenvalue weighted by atomic mass is 19.1.